The van der Waals surface area contributed by atoms with Crippen molar-refractivity contribution in [2.45, 2.75) is 33.2 Å². The summed E-state index contributed by atoms with van der Waals surface area (Å²) in [4.78, 5) is 15.1. The summed E-state index contributed by atoms with van der Waals surface area (Å²) in [5.74, 6) is -0.242. The molecule has 0 spiro atoms. The highest BCUT2D eigenvalue weighted by Gasteiger charge is 2.28. The predicted molar refractivity (Wildman–Crippen MR) is 128 cm³/mol. The number of aryl methyl sites for hydroxylation is 1. The van der Waals surface area contributed by atoms with Crippen molar-refractivity contribution in [3.05, 3.63) is 89.3 Å². The lowest BCUT2D eigenvalue weighted by molar-refractivity contribution is 0.0955. The minimum absolute atomic E-state index is 0.0276. The zero-order valence-electron chi connectivity index (χ0n) is 18.7. The third-order valence-electron chi connectivity index (χ3n) is 6.01. The average Bonchev–Trinajstić information content (AvgIpc) is 3.27. The maximum atomic E-state index is 12.8. The molecule has 1 amide bonds. The number of rotatable bonds is 4. The van der Waals surface area contributed by atoms with Crippen LogP contribution in [0.1, 0.15) is 47.8 Å². The Morgan fingerprint density at radius 1 is 1.03 bits per heavy atom. The van der Waals surface area contributed by atoms with E-state index in [4.69, 9.17) is 0 Å². The van der Waals surface area contributed by atoms with Crippen LogP contribution in [0.25, 0.3) is 11.3 Å². The fraction of sp³-hybridized carbons (Fsp3) is 0.231. The molecule has 1 N–H and O–H groups in total. The Morgan fingerprint density at radius 2 is 1.74 bits per heavy atom. The number of nitrogens with one attached hydrogen (secondary N) is 1. The van der Waals surface area contributed by atoms with Crippen LogP contribution in [0.15, 0.2) is 72.1 Å². The number of hydrazone groups is 1. The van der Waals surface area contributed by atoms with Crippen LogP contribution in [-0.4, -0.2) is 29.3 Å². The fourth-order valence-corrected chi connectivity index (χ4v) is 4.06. The summed E-state index contributed by atoms with van der Waals surface area (Å²) < 4.78 is 1.92. The van der Waals surface area contributed by atoms with E-state index in [1.807, 2.05) is 47.3 Å². The van der Waals surface area contributed by atoms with Crippen molar-refractivity contribution in [3.63, 3.8) is 0 Å². The molecule has 2 heterocycles. The molecule has 0 radical (unpaired) electrons. The normalized spacial score (nSPS) is 15.0. The van der Waals surface area contributed by atoms with Gasteiger partial charge in [0.15, 0.2) is 0 Å². The summed E-state index contributed by atoms with van der Waals surface area (Å²) in [6, 6.07) is 15.7. The zero-order valence-corrected chi connectivity index (χ0v) is 18.7. The molecule has 158 valence electrons. The largest absolute Gasteiger partial charge is 0.365 e. The molecular formula is C26H28N4O. The first-order valence-corrected chi connectivity index (χ1v) is 10.4. The lowest BCUT2D eigenvalue weighted by atomic mass is 9.87. The van der Waals surface area contributed by atoms with Crippen LogP contribution in [0.5, 0.6) is 0 Å². The number of allylic oxidation sites excluding steroid dienone is 1. The van der Waals surface area contributed by atoms with Gasteiger partial charge in [-0.05, 0) is 80.8 Å². The summed E-state index contributed by atoms with van der Waals surface area (Å²) in [7, 11) is 2.12. The van der Waals surface area contributed by atoms with Crippen molar-refractivity contribution in [1.82, 2.24) is 9.99 Å². The first-order chi connectivity index (χ1) is 14.8. The molecule has 0 fully saturated rings. The molecule has 0 bridgehead atoms. The Bertz CT molecular complexity index is 1190. The van der Waals surface area contributed by atoms with Gasteiger partial charge in [-0.3, -0.25) is 4.79 Å². The van der Waals surface area contributed by atoms with E-state index in [0.29, 0.717) is 5.56 Å². The van der Waals surface area contributed by atoms with Gasteiger partial charge in [0.2, 0.25) is 0 Å². The Morgan fingerprint density at radius 3 is 2.48 bits per heavy atom. The number of likely N-dealkylation sites (N-methyl/N-ethyl adjacent to an activating group) is 1. The number of nitrogens with zero attached hydrogens (tertiary/aromatic N) is 3. The Labute approximate surface area is 183 Å². The maximum Gasteiger partial charge on any atom is 0.273 e. The number of anilines is 1. The van der Waals surface area contributed by atoms with Gasteiger partial charge in [0.1, 0.15) is 0 Å². The molecule has 4 rings (SSSR count). The zero-order chi connectivity index (χ0) is 22.2. The third kappa shape index (κ3) is 3.91. The SMILES string of the molecule is CC1=CC(C)(C)N(C)c2cc(C)c(/C=N/NC(=O)c3ccccc3-n3cccc3)cc21. The highest BCUT2D eigenvalue weighted by molar-refractivity contribution is 5.98. The number of hydrogen-bond acceptors (Lipinski definition) is 3. The number of carbonyl (C=O) groups excluding carboxylic acids is 1. The number of fused-ring (bicyclic) bond motifs is 1. The van der Waals surface area contributed by atoms with Crippen LogP contribution >= 0.6 is 0 Å². The monoisotopic (exact) mass is 412 g/mol. The quantitative estimate of drug-likeness (QED) is 0.474. The van der Waals surface area contributed by atoms with Crippen molar-refractivity contribution < 1.29 is 4.79 Å². The lowest BCUT2D eigenvalue weighted by Crippen LogP contribution is -2.42. The summed E-state index contributed by atoms with van der Waals surface area (Å²) in [6.45, 7) is 8.64. The molecule has 0 saturated carbocycles. The number of para-hydroxylation sites is 1. The number of amides is 1. The van der Waals surface area contributed by atoms with Crippen LogP contribution in [0.2, 0.25) is 0 Å². The lowest BCUT2D eigenvalue weighted by Gasteiger charge is -2.41. The number of benzene rings is 2. The molecular weight excluding hydrogens is 384 g/mol. The van der Waals surface area contributed by atoms with E-state index >= 15 is 0 Å². The highest BCUT2D eigenvalue weighted by atomic mass is 16.2. The van der Waals surface area contributed by atoms with E-state index in [9.17, 15) is 4.79 Å². The molecule has 1 aliphatic heterocycles. The molecule has 1 aromatic heterocycles. The van der Waals surface area contributed by atoms with E-state index in [-0.39, 0.29) is 11.4 Å². The minimum atomic E-state index is -0.242. The van der Waals surface area contributed by atoms with Crippen molar-refractivity contribution in [2.75, 3.05) is 11.9 Å². The van der Waals surface area contributed by atoms with Gasteiger partial charge in [-0.2, -0.15) is 5.10 Å². The predicted octanol–water partition coefficient (Wildman–Crippen LogP) is 5.18. The molecule has 31 heavy (non-hydrogen) atoms. The van der Waals surface area contributed by atoms with E-state index in [1.54, 1.807) is 12.3 Å². The molecule has 3 aromatic rings. The van der Waals surface area contributed by atoms with Gasteiger partial charge in [-0.25, -0.2) is 5.43 Å². The third-order valence-corrected chi connectivity index (χ3v) is 6.01. The molecule has 0 saturated heterocycles. The number of carbonyl (C=O) groups is 1. The van der Waals surface area contributed by atoms with Gasteiger partial charge < -0.3 is 9.47 Å². The van der Waals surface area contributed by atoms with Gasteiger partial charge in [0.25, 0.3) is 5.91 Å². The van der Waals surface area contributed by atoms with Crippen LogP contribution in [0, 0.1) is 6.92 Å². The first kappa shape index (κ1) is 20.7. The molecule has 0 unspecified atom stereocenters. The van der Waals surface area contributed by atoms with Gasteiger partial charge in [-0.15, -0.1) is 0 Å². The van der Waals surface area contributed by atoms with Gasteiger partial charge in [0, 0.05) is 30.7 Å². The second kappa shape index (κ2) is 7.91. The second-order valence-corrected chi connectivity index (χ2v) is 8.57. The molecule has 2 aromatic carbocycles. The second-order valence-electron chi connectivity index (χ2n) is 8.57. The number of aromatic nitrogens is 1. The first-order valence-electron chi connectivity index (χ1n) is 10.4. The minimum Gasteiger partial charge on any atom is -0.365 e. The fourth-order valence-electron chi connectivity index (χ4n) is 4.06. The van der Waals surface area contributed by atoms with Crippen molar-refractivity contribution in [2.24, 2.45) is 5.10 Å². The molecule has 5 heteroatoms. The van der Waals surface area contributed by atoms with Crippen molar-refractivity contribution in [1.29, 1.82) is 0 Å². The standard InChI is InChI=1S/C26H28N4O/c1-18-14-24-22(19(2)16-26(3,4)29(24)5)15-20(18)17-27-28-25(31)21-10-6-7-11-23(21)30-12-8-9-13-30/h6-17H,1-5H3,(H,28,31)/b27-17+. The summed E-state index contributed by atoms with van der Waals surface area (Å²) in [6.07, 6.45) is 7.84. The molecule has 0 atom stereocenters. The van der Waals surface area contributed by atoms with Crippen LogP contribution < -0.4 is 10.3 Å². The van der Waals surface area contributed by atoms with E-state index in [0.717, 1.165) is 16.8 Å². The Kier molecular flexibility index (Phi) is 5.27. The molecule has 0 aliphatic carbocycles. The van der Waals surface area contributed by atoms with Crippen molar-refractivity contribution in [3.8, 4) is 5.69 Å². The van der Waals surface area contributed by atoms with E-state index in [1.165, 1.54) is 16.8 Å². The van der Waals surface area contributed by atoms with E-state index in [2.05, 4.69) is 68.4 Å². The summed E-state index contributed by atoms with van der Waals surface area (Å²) in [5.41, 5.74) is 9.79. The van der Waals surface area contributed by atoms with Crippen LogP contribution in [0.3, 0.4) is 0 Å². The maximum absolute atomic E-state index is 12.8. The van der Waals surface area contributed by atoms with Gasteiger partial charge in [-0.1, -0.05) is 18.2 Å². The summed E-state index contributed by atoms with van der Waals surface area (Å²) in [5, 5.41) is 4.26. The Hall–Kier alpha value is -3.60. The summed E-state index contributed by atoms with van der Waals surface area (Å²) >= 11 is 0. The average molecular weight is 413 g/mol. The molecule has 1 aliphatic rings. The van der Waals surface area contributed by atoms with E-state index < -0.39 is 0 Å². The van der Waals surface area contributed by atoms with Crippen molar-refractivity contribution >= 4 is 23.4 Å². The van der Waals surface area contributed by atoms with Gasteiger partial charge in [0.05, 0.1) is 23.0 Å². The smallest absolute Gasteiger partial charge is 0.273 e. The molecule has 5 nitrogen and oxygen atoms in total. The topological polar surface area (TPSA) is 49.6 Å². The number of hydrogen-bond donors (Lipinski definition) is 1. The Balaban J connectivity index is 1.57. The van der Waals surface area contributed by atoms with Crippen LogP contribution in [-0.2, 0) is 0 Å². The van der Waals surface area contributed by atoms with Crippen LogP contribution in [0.4, 0.5) is 5.69 Å². The highest BCUT2D eigenvalue weighted by Crippen LogP contribution is 2.38. The van der Waals surface area contributed by atoms with Gasteiger partial charge >= 0.3 is 0 Å².